The van der Waals surface area contributed by atoms with Crippen LogP contribution in [0.15, 0.2) is 28.8 Å². The molecule has 0 aliphatic heterocycles. The van der Waals surface area contributed by atoms with Gasteiger partial charge in [-0.3, -0.25) is 0 Å². The summed E-state index contributed by atoms with van der Waals surface area (Å²) in [6.07, 6.45) is 3.13. The molecule has 1 atom stereocenters. The molecule has 4 heteroatoms. The highest BCUT2D eigenvalue weighted by Gasteiger charge is 2.23. The number of benzene rings is 1. The number of nitrogens with two attached hydrogens (primary N) is 1. The molecule has 2 N–H and O–H groups in total. The van der Waals surface area contributed by atoms with Gasteiger partial charge in [0.15, 0.2) is 5.82 Å². The number of aryl methyl sites for hydroxylation is 1. The van der Waals surface area contributed by atoms with Gasteiger partial charge in [-0.25, -0.2) is 0 Å². The number of rotatable bonds is 1. The van der Waals surface area contributed by atoms with Crippen LogP contribution in [0.5, 0.6) is 0 Å². The predicted octanol–water partition coefficient (Wildman–Crippen LogP) is 1.92. The van der Waals surface area contributed by atoms with Crippen LogP contribution < -0.4 is 5.73 Å². The van der Waals surface area contributed by atoms with Crippen molar-refractivity contribution < 1.29 is 4.52 Å². The Morgan fingerprint density at radius 1 is 1.25 bits per heavy atom. The fraction of sp³-hybridized carbons (Fsp3) is 0.333. The molecule has 2 aromatic rings. The Bertz CT molecular complexity index is 506. The summed E-state index contributed by atoms with van der Waals surface area (Å²) in [7, 11) is 0. The minimum Gasteiger partial charge on any atom is -0.351 e. The van der Waals surface area contributed by atoms with E-state index in [1.807, 2.05) is 0 Å². The molecule has 0 radical (unpaired) electrons. The van der Waals surface area contributed by atoms with Crippen LogP contribution in [0.2, 0.25) is 0 Å². The van der Waals surface area contributed by atoms with Gasteiger partial charge >= 0.3 is 6.01 Å². The van der Waals surface area contributed by atoms with Gasteiger partial charge in [0, 0.05) is 5.92 Å². The van der Waals surface area contributed by atoms with E-state index in [-0.39, 0.29) is 6.01 Å². The summed E-state index contributed by atoms with van der Waals surface area (Å²) < 4.78 is 4.82. The lowest BCUT2D eigenvalue weighted by molar-refractivity contribution is 0.413. The van der Waals surface area contributed by atoms with Crippen molar-refractivity contribution in [1.29, 1.82) is 0 Å². The van der Waals surface area contributed by atoms with Crippen LogP contribution in [-0.4, -0.2) is 10.1 Å². The zero-order valence-corrected chi connectivity index (χ0v) is 8.89. The van der Waals surface area contributed by atoms with Crippen molar-refractivity contribution in [3.8, 4) is 0 Å². The molecular formula is C12H13N3O. The molecule has 0 fully saturated rings. The number of fused-ring (bicyclic) bond motifs is 1. The van der Waals surface area contributed by atoms with Crippen molar-refractivity contribution in [2.75, 3.05) is 5.73 Å². The third-order valence-electron chi connectivity index (χ3n) is 3.17. The van der Waals surface area contributed by atoms with Crippen LogP contribution in [-0.2, 0) is 12.8 Å². The molecule has 1 heterocycles. The third-order valence-corrected chi connectivity index (χ3v) is 3.17. The normalized spacial score (nSPS) is 19.4. The van der Waals surface area contributed by atoms with Gasteiger partial charge in [0.1, 0.15) is 0 Å². The molecule has 0 spiro atoms. The van der Waals surface area contributed by atoms with Crippen molar-refractivity contribution in [2.24, 2.45) is 0 Å². The van der Waals surface area contributed by atoms with Gasteiger partial charge in [0.25, 0.3) is 0 Å². The van der Waals surface area contributed by atoms with Gasteiger partial charge in [-0.2, -0.15) is 4.98 Å². The first-order valence-corrected chi connectivity index (χ1v) is 5.49. The standard InChI is InChI=1S/C12H13N3O/c13-12-14-11(15-16-12)10-6-5-8-3-1-2-4-9(8)7-10/h1-4,10H,5-7H2,(H2,13,14,15). The van der Waals surface area contributed by atoms with Gasteiger partial charge < -0.3 is 10.3 Å². The second-order valence-electron chi connectivity index (χ2n) is 4.20. The van der Waals surface area contributed by atoms with E-state index in [0.717, 1.165) is 25.1 Å². The Kier molecular flexibility index (Phi) is 2.13. The zero-order chi connectivity index (χ0) is 11.0. The summed E-state index contributed by atoms with van der Waals surface area (Å²) in [5.74, 6) is 1.09. The van der Waals surface area contributed by atoms with Gasteiger partial charge in [-0.05, 0) is 30.4 Å². The maximum Gasteiger partial charge on any atom is 0.318 e. The lowest BCUT2D eigenvalue weighted by atomic mass is 9.83. The molecule has 1 aromatic heterocycles. The van der Waals surface area contributed by atoms with Gasteiger partial charge in [0.05, 0.1) is 0 Å². The summed E-state index contributed by atoms with van der Waals surface area (Å²) in [5, 5.41) is 3.90. The van der Waals surface area contributed by atoms with Crippen molar-refractivity contribution in [3.05, 3.63) is 41.2 Å². The van der Waals surface area contributed by atoms with Crippen LogP contribution in [0.4, 0.5) is 6.01 Å². The molecule has 1 aliphatic rings. The van der Waals surface area contributed by atoms with E-state index in [0.29, 0.717) is 5.92 Å². The highest BCUT2D eigenvalue weighted by atomic mass is 16.5. The number of nitrogen functional groups attached to an aromatic ring is 1. The van der Waals surface area contributed by atoms with Gasteiger partial charge in [-0.1, -0.05) is 29.4 Å². The van der Waals surface area contributed by atoms with Crippen molar-refractivity contribution in [1.82, 2.24) is 10.1 Å². The van der Waals surface area contributed by atoms with E-state index < -0.39 is 0 Å². The highest BCUT2D eigenvalue weighted by Crippen LogP contribution is 2.31. The number of hydrogen-bond acceptors (Lipinski definition) is 4. The van der Waals surface area contributed by atoms with Gasteiger partial charge in [0.2, 0.25) is 0 Å². The second-order valence-corrected chi connectivity index (χ2v) is 4.20. The summed E-state index contributed by atoms with van der Waals surface area (Å²) in [4.78, 5) is 4.11. The van der Waals surface area contributed by atoms with E-state index in [1.54, 1.807) is 0 Å². The molecule has 0 bridgehead atoms. The molecule has 82 valence electrons. The first-order chi connectivity index (χ1) is 7.83. The summed E-state index contributed by atoms with van der Waals surface area (Å²) in [6, 6.07) is 8.69. The zero-order valence-electron chi connectivity index (χ0n) is 8.89. The lowest BCUT2D eigenvalue weighted by Crippen LogP contribution is -2.13. The average Bonchev–Trinajstić information content (AvgIpc) is 2.75. The molecule has 3 rings (SSSR count). The van der Waals surface area contributed by atoms with Crippen molar-refractivity contribution >= 4 is 6.01 Å². The molecule has 4 nitrogen and oxygen atoms in total. The maximum atomic E-state index is 5.44. The lowest BCUT2D eigenvalue weighted by Gasteiger charge is -2.21. The largest absolute Gasteiger partial charge is 0.351 e. The first-order valence-electron chi connectivity index (χ1n) is 5.49. The SMILES string of the molecule is Nc1nc(C2CCc3ccccc3C2)no1. The number of aromatic nitrogens is 2. The molecule has 16 heavy (non-hydrogen) atoms. The summed E-state index contributed by atoms with van der Waals surface area (Å²) >= 11 is 0. The predicted molar refractivity (Wildman–Crippen MR) is 59.9 cm³/mol. The Balaban J connectivity index is 1.88. The van der Waals surface area contributed by atoms with Crippen LogP contribution in [0, 0.1) is 0 Å². The number of anilines is 1. The smallest absolute Gasteiger partial charge is 0.318 e. The molecule has 0 amide bonds. The van der Waals surface area contributed by atoms with Crippen LogP contribution in [0.25, 0.3) is 0 Å². The van der Waals surface area contributed by atoms with E-state index in [4.69, 9.17) is 10.3 Å². The first kappa shape index (κ1) is 9.39. The molecule has 1 aromatic carbocycles. The van der Waals surface area contributed by atoms with E-state index in [9.17, 15) is 0 Å². The maximum absolute atomic E-state index is 5.44. The third kappa shape index (κ3) is 1.56. The topological polar surface area (TPSA) is 64.9 Å². The van der Waals surface area contributed by atoms with E-state index >= 15 is 0 Å². The van der Waals surface area contributed by atoms with Crippen molar-refractivity contribution in [3.63, 3.8) is 0 Å². The Morgan fingerprint density at radius 2 is 2.06 bits per heavy atom. The fourth-order valence-electron chi connectivity index (χ4n) is 2.33. The summed E-state index contributed by atoms with van der Waals surface area (Å²) in [5.41, 5.74) is 8.27. The Labute approximate surface area is 93.5 Å². The van der Waals surface area contributed by atoms with Gasteiger partial charge in [-0.15, -0.1) is 0 Å². The Hall–Kier alpha value is -1.84. The second kappa shape index (κ2) is 3.63. The van der Waals surface area contributed by atoms with Crippen molar-refractivity contribution in [2.45, 2.75) is 25.2 Å². The minimum atomic E-state index is 0.161. The van der Waals surface area contributed by atoms with E-state index in [1.165, 1.54) is 11.1 Å². The summed E-state index contributed by atoms with van der Waals surface area (Å²) in [6.45, 7) is 0. The van der Waals surface area contributed by atoms with E-state index in [2.05, 4.69) is 34.4 Å². The fourth-order valence-corrected chi connectivity index (χ4v) is 2.33. The van der Waals surface area contributed by atoms with Crippen LogP contribution >= 0.6 is 0 Å². The highest BCUT2D eigenvalue weighted by molar-refractivity contribution is 5.31. The molecule has 0 saturated carbocycles. The number of hydrogen-bond donors (Lipinski definition) is 1. The molecule has 1 aliphatic carbocycles. The monoisotopic (exact) mass is 215 g/mol. The molecule has 1 unspecified atom stereocenters. The molecular weight excluding hydrogens is 202 g/mol. The average molecular weight is 215 g/mol. The van der Waals surface area contributed by atoms with Crippen LogP contribution in [0.3, 0.4) is 0 Å². The minimum absolute atomic E-state index is 0.161. The molecule has 0 saturated heterocycles. The number of nitrogens with zero attached hydrogens (tertiary/aromatic N) is 2. The Morgan fingerprint density at radius 3 is 2.81 bits per heavy atom. The van der Waals surface area contributed by atoms with Crippen LogP contribution in [0.1, 0.15) is 29.3 Å². The quantitative estimate of drug-likeness (QED) is 0.789.